The van der Waals surface area contributed by atoms with Crippen molar-refractivity contribution in [2.45, 2.75) is 13.1 Å². The predicted molar refractivity (Wildman–Crippen MR) is 145 cm³/mol. The van der Waals surface area contributed by atoms with Gasteiger partial charge < -0.3 is 20.1 Å². The first-order valence-corrected chi connectivity index (χ1v) is 12.1. The van der Waals surface area contributed by atoms with Crippen molar-refractivity contribution in [2.75, 3.05) is 24.3 Å². The van der Waals surface area contributed by atoms with E-state index in [-0.39, 0.29) is 17.2 Å². The Kier molecular flexibility index (Phi) is 6.76. The fourth-order valence-electron chi connectivity index (χ4n) is 4.25. The Morgan fingerprint density at radius 2 is 1.70 bits per heavy atom. The fraction of sp³-hybridized carbons (Fsp3) is 0.143. The van der Waals surface area contributed by atoms with Crippen LogP contribution in [-0.2, 0) is 6.18 Å². The van der Waals surface area contributed by atoms with Crippen LogP contribution in [0.2, 0.25) is 0 Å². The van der Waals surface area contributed by atoms with Crippen molar-refractivity contribution >= 4 is 39.8 Å². The highest BCUT2D eigenvalue weighted by Gasteiger charge is 2.32. The van der Waals surface area contributed by atoms with Gasteiger partial charge in [0.2, 0.25) is 0 Å². The van der Waals surface area contributed by atoms with E-state index in [0.29, 0.717) is 28.0 Å². The molecule has 12 heteroatoms. The molecule has 0 bridgehead atoms. The number of carbonyl (C=O) groups is 2. The number of rotatable bonds is 6. The molecule has 0 unspecified atom stereocenters. The van der Waals surface area contributed by atoms with Crippen LogP contribution in [0.3, 0.4) is 0 Å². The number of aryl methyl sites for hydroxylation is 1. The minimum atomic E-state index is -4.63. The number of halogens is 3. The summed E-state index contributed by atoms with van der Waals surface area (Å²) < 4.78 is 42.2. The number of aromatic nitrogens is 4. The van der Waals surface area contributed by atoms with Crippen LogP contribution in [0.5, 0.6) is 0 Å². The van der Waals surface area contributed by atoms with Gasteiger partial charge in [0.15, 0.2) is 5.69 Å². The molecule has 2 amide bonds. The molecule has 0 spiro atoms. The maximum Gasteiger partial charge on any atom is 0.416 e. The summed E-state index contributed by atoms with van der Waals surface area (Å²) >= 11 is 0. The third-order valence-corrected chi connectivity index (χ3v) is 6.41. The number of benzene rings is 3. The van der Waals surface area contributed by atoms with Crippen molar-refractivity contribution in [1.29, 1.82) is 0 Å². The number of anilines is 3. The Balaban J connectivity index is 1.35. The molecule has 5 aromatic rings. The van der Waals surface area contributed by atoms with Crippen molar-refractivity contribution in [3.8, 4) is 5.69 Å². The highest BCUT2D eigenvalue weighted by atomic mass is 19.4. The van der Waals surface area contributed by atoms with Gasteiger partial charge in [-0.3, -0.25) is 14.7 Å². The zero-order chi connectivity index (χ0) is 28.6. The van der Waals surface area contributed by atoms with Crippen LogP contribution in [0.1, 0.15) is 32.1 Å². The molecule has 5 rings (SSSR count). The van der Waals surface area contributed by atoms with E-state index in [1.807, 2.05) is 24.1 Å². The van der Waals surface area contributed by atoms with Crippen LogP contribution in [-0.4, -0.2) is 45.7 Å². The van der Waals surface area contributed by atoms with Crippen LogP contribution in [0.15, 0.2) is 73.2 Å². The quantitative estimate of drug-likeness (QED) is 0.262. The van der Waals surface area contributed by atoms with Crippen LogP contribution in [0.25, 0.3) is 16.6 Å². The van der Waals surface area contributed by atoms with Crippen LogP contribution < -0.4 is 15.5 Å². The average Bonchev–Trinajstić information content (AvgIpc) is 3.58. The number of imidazole rings is 1. The van der Waals surface area contributed by atoms with Crippen LogP contribution in [0.4, 0.5) is 30.2 Å². The molecule has 0 fully saturated rings. The molecular formula is C28H24F3N7O2. The van der Waals surface area contributed by atoms with Gasteiger partial charge in [-0.05, 0) is 67.6 Å². The SMILES string of the molecule is CNC(=O)c1n[nH]c2cc(N(C)c3ccc(NC(=O)c4cc(-n5cnc(C)c5)cc(C(F)(F)F)c4)cc3)ccc12. The first-order chi connectivity index (χ1) is 19.0. The largest absolute Gasteiger partial charge is 0.416 e. The van der Waals surface area contributed by atoms with Crippen molar-refractivity contribution in [3.63, 3.8) is 0 Å². The van der Waals surface area contributed by atoms with Crippen LogP contribution >= 0.6 is 0 Å². The number of alkyl halides is 3. The summed E-state index contributed by atoms with van der Waals surface area (Å²) in [6.07, 6.45) is -1.65. The van der Waals surface area contributed by atoms with Gasteiger partial charge in [-0.1, -0.05) is 0 Å². The van der Waals surface area contributed by atoms with E-state index in [0.717, 1.165) is 23.5 Å². The first-order valence-electron chi connectivity index (χ1n) is 12.1. The van der Waals surface area contributed by atoms with Gasteiger partial charge in [-0.2, -0.15) is 18.3 Å². The van der Waals surface area contributed by atoms with Crippen molar-refractivity contribution in [1.82, 2.24) is 25.1 Å². The molecule has 2 heterocycles. The number of fused-ring (bicyclic) bond motifs is 1. The zero-order valence-corrected chi connectivity index (χ0v) is 21.7. The number of amides is 2. The van der Waals surface area contributed by atoms with E-state index >= 15 is 0 Å². The Hall–Kier alpha value is -5.13. The zero-order valence-electron chi connectivity index (χ0n) is 21.7. The van der Waals surface area contributed by atoms with E-state index < -0.39 is 17.6 Å². The number of carbonyl (C=O) groups excluding carboxylic acids is 2. The molecule has 204 valence electrons. The lowest BCUT2D eigenvalue weighted by molar-refractivity contribution is -0.137. The number of hydrogen-bond donors (Lipinski definition) is 3. The number of H-pyrrole nitrogens is 1. The highest BCUT2D eigenvalue weighted by Crippen LogP contribution is 2.32. The van der Waals surface area contributed by atoms with Gasteiger partial charge in [-0.25, -0.2) is 4.98 Å². The van der Waals surface area contributed by atoms with E-state index in [1.165, 1.54) is 24.0 Å². The molecule has 0 aliphatic rings. The first kappa shape index (κ1) is 26.5. The summed E-state index contributed by atoms with van der Waals surface area (Å²) in [6.45, 7) is 1.72. The molecule has 0 saturated heterocycles. The molecule has 0 aliphatic carbocycles. The Morgan fingerprint density at radius 1 is 0.975 bits per heavy atom. The molecule has 3 aromatic carbocycles. The standard InChI is InChI=1S/C28H24F3N7O2/c1-16-14-38(15-33-16)22-11-17(10-18(12-22)28(29,30)31)26(39)34-19-4-6-20(7-5-19)37(3)21-8-9-23-24(13-21)35-36-25(23)27(40)32-2/h4-15H,1-3H3,(H,32,40)(H,34,39)(H,35,36). The number of nitrogens with zero attached hydrogens (tertiary/aromatic N) is 4. The fourth-order valence-corrected chi connectivity index (χ4v) is 4.25. The molecule has 0 atom stereocenters. The summed E-state index contributed by atoms with van der Waals surface area (Å²) in [4.78, 5) is 30.9. The van der Waals surface area contributed by atoms with Crippen molar-refractivity contribution < 1.29 is 22.8 Å². The van der Waals surface area contributed by atoms with E-state index in [1.54, 1.807) is 43.5 Å². The molecule has 0 aliphatic heterocycles. The molecular weight excluding hydrogens is 523 g/mol. The lowest BCUT2D eigenvalue weighted by Gasteiger charge is -2.20. The topological polar surface area (TPSA) is 108 Å². The Morgan fingerprint density at radius 3 is 2.35 bits per heavy atom. The molecule has 3 N–H and O–H groups in total. The third-order valence-electron chi connectivity index (χ3n) is 6.41. The lowest BCUT2D eigenvalue weighted by Crippen LogP contribution is -2.18. The maximum absolute atomic E-state index is 13.6. The van der Waals surface area contributed by atoms with Gasteiger partial charge in [0, 0.05) is 54.0 Å². The summed E-state index contributed by atoms with van der Waals surface area (Å²) in [5.41, 5.74) is 2.76. The molecule has 9 nitrogen and oxygen atoms in total. The summed E-state index contributed by atoms with van der Waals surface area (Å²) in [7, 11) is 3.39. The van der Waals surface area contributed by atoms with Gasteiger partial charge in [0.1, 0.15) is 0 Å². The number of nitrogens with one attached hydrogen (secondary N) is 3. The van der Waals surface area contributed by atoms with Gasteiger partial charge in [0.25, 0.3) is 11.8 Å². The lowest BCUT2D eigenvalue weighted by atomic mass is 10.1. The molecule has 0 saturated carbocycles. The summed E-state index contributed by atoms with van der Waals surface area (Å²) in [6, 6.07) is 15.6. The smallest absolute Gasteiger partial charge is 0.354 e. The molecule has 40 heavy (non-hydrogen) atoms. The van der Waals surface area contributed by atoms with Crippen LogP contribution in [0, 0.1) is 6.92 Å². The van der Waals surface area contributed by atoms with Crippen molar-refractivity contribution in [2.24, 2.45) is 0 Å². The Labute approximate surface area is 226 Å². The second-order valence-electron chi connectivity index (χ2n) is 9.13. The highest BCUT2D eigenvalue weighted by molar-refractivity contribution is 6.06. The monoisotopic (exact) mass is 547 g/mol. The Bertz CT molecular complexity index is 1720. The normalized spacial score (nSPS) is 11.4. The molecule has 0 radical (unpaired) electrons. The second-order valence-corrected chi connectivity index (χ2v) is 9.13. The third kappa shape index (κ3) is 5.23. The number of aromatic amines is 1. The van der Waals surface area contributed by atoms with E-state index in [4.69, 9.17) is 0 Å². The number of hydrogen-bond acceptors (Lipinski definition) is 5. The predicted octanol–water partition coefficient (Wildman–Crippen LogP) is 5.46. The van der Waals surface area contributed by atoms with Crippen molar-refractivity contribution in [3.05, 3.63) is 95.7 Å². The second kappa shape index (κ2) is 10.2. The average molecular weight is 548 g/mol. The van der Waals surface area contributed by atoms with Gasteiger partial charge in [0.05, 0.1) is 23.1 Å². The van der Waals surface area contributed by atoms with Gasteiger partial charge in [-0.15, -0.1) is 0 Å². The maximum atomic E-state index is 13.6. The van der Waals surface area contributed by atoms with E-state index in [9.17, 15) is 22.8 Å². The summed E-state index contributed by atoms with van der Waals surface area (Å²) in [5, 5.41) is 12.9. The van der Waals surface area contributed by atoms with E-state index in [2.05, 4.69) is 25.8 Å². The summed E-state index contributed by atoms with van der Waals surface area (Å²) in [5.74, 6) is -0.968. The van der Waals surface area contributed by atoms with Gasteiger partial charge >= 0.3 is 6.18 Å². The molecule has 2 aromatic heterocycles. The minimum absolute atomic E-state index is 0.138. The minimum Gasteiger partial charge on any atom is -0.354 e.